The van der Waals surface area contributed by atoms with Gasteiger partial charge in [-0.25, -0.2) is 15.0 Å². The number of benzene rings is 1. The molecule has 3 amide bonds. The van der Waals surface area contributed by atoms with Crippen molar-refractivity contribution in [1.82, 2.24) is 21.5 Å². The fraction of sp³-hybridized carbons (Fsp3) is 0.591. The van der Waals surface area contributed by atoms with E-state index >= 15 is 0 Å². The average molecular weight is 578 g/mol. The second kappa shape index (κ2) is 12.4. The molecule has 33 heavy (non-hydrogen) atoms. The van der Waals surface area contributed by atoms with Crippen molar-refractivity contribution in [2.24, 2.45) is 5.41 Å². The first kappa shape index (κ1) is 28.9. The molecule has 1 unspecified atom stereocenters. The van der Waals surface area contributed by atoms with Gasteiger partial charge in [-0.05, 0) is 72.9 Å². The van der Waals surface area contributed by atoms with Crippen molar-refractivity contribution >= 4 is 40.7 Å². The van der Waals surface area contributed by atoms with E-state index in [1.54, 1.807) is 41.5 Å². The Morgan fingerprint density at radius 2 is 1.61 bits per heavy atom. The summed E-state index contributed by atoms with van der Waals surface area (Å²) >= 11 is 2.19. The lowest BCUT2D eigenvalue weighted by Crippen LogP contribution is -2.58. The van der Waals surface area contributed by atoms with E-state index in [0.717, 1.165) is 9.13 Å². The van der Waals surface area contributed by atoms with Crippen molar-refractivity contribution in [2.75, 3.05) is 6.54 Å². The third kappa shape index (κ3) is 11.5. The Hall–Kier alpha value is -2.12. The zero-order valence-corrected chi connectivity index (χ0v) is 22.0. The van der Waals surface area contributed by atoms with Gasteiger partial charge in [0.25, 0.3) is 5.91 Å². The van der Waals surface area contributed by atoms with Crippen LogP contribution in [0.15, 0.2) is 24.3 Å². The number of carboxylic acid groups (broad SMARTS) is 1. The van der Waals surface area contributed by atoms with E-state index in [2.05, 4.69) is 44.1 Å². The third-order valence-electron chi connectivity index (χ3n) is 4.45. The molecule has 0 fully saturated rings. The summed E-state index contributed by atoms with van der Waals surface area (Å²) in [5.41, 5.74) is 4.58. The standard InChI is InChI=1S/C22H35IN4O6/c1-21(2,3)17(26-19(30)31)18(29)27-24-12-16(28)15(25-20(32)33-22(4,5)6)11-13-7-9-14(23)10-8-13/h7-10,15-17,24,26,28H,11-12H2,1-6H3,(H,25,32)(H,27,29)(H,30,31)/t15-,16-,17?/m0/s1. The van der Waals surface area contributed by atoms with E-state index in [1.165, 1.54) is 0 Å². The maximum atomic E-state index is 12.5. The third-order valence-corrected chi connectivity index (χ3v) is 5.17. The fourth-order valence-electron chi connectivity index (χ4n) is 2.87. The molecule has 10 nitrogen and oxygen atoms in total. The summed E-state index contributed by atoms with van der Waals surface area (Å²) in [7, 11) is 0. The fourth-order valence-corrected chi connectivity index (χ4v) is 3.23. The average Bonchev–Trinajstić information content (AvgIpc) is 2.64. The van der Waals surface area contributed by atoms with Gasteiger partial charge in [-0.3, -0.25) is 10.2 Å². The summed E-state index contributed by atoms with van der Waals surface area (Å²) in [4.78, 5) is 35.8. The lowest BCUT2D eigenvalue weighted by Gasteiger charge is -2.30. The number of hydrazine groups is 1. The molecule has 0 aliphatic carbocycles. The first-order valence-electron chi connectivity index (χ1n) is 10.5. The Balaban J connectivity index is 2.82. The second-order valence-electron chi connectivity index (χ2n) is 9.77. The van der Waals surface area contributed by atoms with Crippen LogP contribution in [0.2, 0.25) is 0 Å². The molecule has 0 aromatic heterocycles. The number of hydrogen-bond acceptors (Lipinski definition) is 6. The largest absolute Gasteiger partial charge is 0.465 e. The number of carbonyl (C=O) groups is 3. The number of halogens is 1. The first-order chi connectivity index (χ1) is 15.1. The molecule has 0 aliphatic heterocycles. The highest BCUT2D eigenvalue weighted by atomic mass is 127. The number of ether oxygens (including phenoxy) is 1. The zero-order chi connectivity index (χ0) is 25.4. The number of amides is 3. The lowest BCUT2D eigenvalue weighted by molar-refractivity contribution is -0.126. The monoisotopic (exact) mass is 578 g/mol. The van der Waals surface area contributed by atoms with Crippen LogP contribution in [0.5, 0.6) is 0 Å². The highest BCUT2D eigenvalue weighted by Gasteiger charge is 2.33. The van der Waals surface area contributed by atoms with Crippen molar-refractivity contribution in [2.45, 2.75) is 71.8 Å². The van der Waals surface area contributed by atoms with Gasteiger partial charge in [0, 0.05) is 10.1 Å². The number of alkyl carbamates (subject to hydrolysis) is 1. The number of carbonyl (C=O) groups excluding carboxylic acids is 2. The molecule has 0 saturated heterocycles. The van der Waals surface area contributed by atoms with E-state index in [0.29, 0.717) is 6.42 Å². The molecule has 6 N–H and O–H groups in total. The van der Waals surface area contributed by atoms with Crippen LogP contribution in [0, 0.1) is 8.99 Å². The van der Waals surface area contributed by atoms with Crippen LogP contribution < -0.4 is 21.5 Å². The maximum absolute atomic E-state index is 12.5. The number of nitrogens with one attached hydrogen (secondary N) is 4. The molecule has 3 atom stereocenters. The zero-order valence-electron chi connectivity index (χ0n) is 19.9. The molecule has 1 aromatic rings. The van der Waals surface area contributed by atoms with Crippen molar-refractivity contribution in [3.8, 4) is 0 Å². The molecule has 0 spiro atoms. The van der Waals surface area contributed by atoms with Gasteiger partial charge in [-0.2, -0.15) is 0 Å². The predicted octanol–water partition coefficient (Wildman–Crippen LogP) is 2.39. The summed E-state index contributed by atoms with van der Waals surface area (Å²) < 4.78 is 6.36. The van der Waals surface area contributed by atoms with E-state index in [-0.39, 0.29) is 6.54 Å². The lowest BCUT2D eigenvalue weighted by atomic mass is 9.86. The maximum Gasteiger partial charge on any atom is 0.407 e. The molecule has 11 heteroatoms. The van der Waals surface area contributed by atoms with Crippen molar-refractivity contribution in [3.05, 3.63) is 33.4 Å². The van der Waals surface area contributed by atoms with Crippen molar-refractivity contribution in [1.29, 1.82) is 0 Å². The summed E-state index contributed by atoms with van der Waals surface area (Å²) in [5, 5.41) is 24.6. The van der Waals surface area contributed by atoms with Crippen LogP contribution >= 0.6 is 22.6 Å². The Morgan fingerprint density at radius 1 is 1.03 bits per heavy atom. The van der Waals surface area contributed by atoms with E-state index in [4.69, 9.17) is 9.84 Å². The van der Waals surface area contributed by atoms with E-state index < -0.39 is 47.3 Å². The Labute approximate surface area is 208 Å². The van der Waals surface area contributed by atoms with E-state index in [9.17, 15) is 19.5 Å². The molecule has 1 rings (SSSR count). The van der Waals surface area contributed by atoms with Gasteiger partial charge in [0.05, 0.1) is 12.1 Å². The SMILES string of the molecule is CC(C)(C)OC(=O)N[C@@H](Cc1ccc(I)cc1)[C@@H](O)CNNC(=O)C(NC(=O)O)C(C)(C)C. The normalized spacial score (nSPS) is 14.5. The van der Waals surface area contributed by atoms with Crippen LogP contribution in [0.4, 0.5) is 9.59 Å². The minimum absolute atomic E-state index is 0.0967. The Bertz CT molecular complexity index is 805. The molecule has 0 saturated carbocycles. The predicted molar refractivity (Wildman–Crippen MR) is 133 cm³/mol. The smallest absolute Gasteiger partial charge is 0.407 e. The van der Waals surface area contributed by atoms with Gasteiger partial charge >= 0.3 is 12.2 Å². The highest BCUT2D eigenvalue weighted by molar-refractivity contribution is 14.1. The van der Waals surface area contributed by atoms with Crippen LogP contribution in [0.1, 0.15) is 47.1 Å². The summed E-state index contributed by atoms with van der Waals surface area (Å²) in [6.45, 7) is 10.3. The van der Waals surface area contributed by atoms with Crippen LogP contribution in [-0.2, 0) is 16.0 Å². The Kier molecular flexibility index (Phi) is 10.8. The summed E-state index contributed by atoms with van der Waals surface area (Å²) in [6, 6.07) is 5.93. The molecule has 0 aliphatic rings. The molecule has 0 heterocycles. The van der Waals surface area contributed by atoms with Gasteiger partial charge in [-0.15, -0.1) is 0 Å². The van der Waals surface area contributed by atoms with Gasteiger partial charge < -0.3 is 25.6 Å². The molecule has 1 aromatic carbocycles. The summed E-state index contributed by atoms with van der Waals surface area (Å²) in [6.07, 6.45) is -2.74. The molecular formula is C22H35IN4O6. The Morgan fingerprint density at radius 3 is 2.09 bits per heavy atom. The van der Waals surface area contributed by atoms with Crippen LogP contribution in [0.3, 0.4) is 0 Å². The van der Waals surface area contributed by atoms with Crippen molar-refractivity contribution < 1.29 is 29.3 Å². The number of hydrogen-bond donors (Lipinski definition) is 6. The minimum Gasteiger partial charge on any atom is -0.465 e. The highest BCUT2D eigenvalue weighted by Crippen LogP contribution is 2.19. The number of aliphatic hydroxyl groups is 1. The van der Waals surface area contributed by atoms with Crippen molar-refractivity contribution in [3.63, 3.8) is 0 Å². The molecule has 0 radical (unpaired) electrons. The number of rotatable bonds is 9. The van der Waals surface area contributed by atoms with E-state index in [1.807, 2.05) is 24.3 Å². The quantitative estimate of drug-likeness (QED) is 0.195. The molecular weight excluding hydrogens is 543 g/mol. The first-order valence-corrected chi connectivity index (χ1v) is 11.6. The minimum atomic E-state index is -1.32. The van der Waals surface area contributed by atoms with Crippen LogP contribution in [-0.4, -0.2) is 58.6 Å². The van der Waals surface area contributed by atoms with Gasteiger partial charge in [0.1, 0.15) is 11.6 Å². The van der Waals surface area contributed by atoms with Gasteiger partial charge in [0.2, 0.25) is 0 Å². The van der Waals surface area contributed by atoms with Crippen LogP contribution in [0.25, 0.3) is 0 Å². The van der Waals surface area contributed by atoms with Gasteiger partial charge in [-0.1, -0.05) is 32.9 Å². The number of aliphatic hydroxyl groups excluding tert-OH is 1. The topological polar surface area (TPSA) is 149 Å². The molecule has 0 bridgehead atoms. The van der Waals surface area contributed by atoms with Gasteiger partial charge in [0.15, 0.2) is 0 Å². The molecule has 186 valence electrons. The second-order valence-corrected chi connectivity index (χ2v) is 11.0. The summed E-state index contributed by atoms with van der Waals surface area (Å²) in [5.74, 6) is -0.591.